The summed E-state index contributed by atoms with van der Waals surface area (Å²) in [6, 6.07) is 9.23. The molecule has 0 atom stereocenters. The van der Waals surface area contributed by atoms with Crippen molar-refractivity contribution in [2.24, 2.45) is 5.92 Å². The number of nitrogens with one attached hydrogen (secondary N) is 1. The zero-order valence-corrected chi connectivity index (χ0v) is 18.4. The van der Waals surface area contributed by atoms with Crippen molar-refractivity contribution in [3.05, 3.63) is 41.3 Å². The van der Waals surface area contributed by atoms with Gasteiger partial charge in [0.25, 0.3) is 0 Å². The van der Waals surface area contributed by atoms with Crippen molar-refractivity contribution in [3.63, 3.8) is 0 Å². The van der Waals surface area contributed by atoms with E-state index in [0.29, 0.717) is 32.4 Å². The minimum Gasteiger partial charge on any atom is -0.385 e. The normalized spacial score (nSPS) is 15.9. The van der Waals surface area contributed by atoms with Gasteiger partial charge in [0.05, 0.1) is 6.54 Å². The van der Waals surface area contributed by atoms with Gasteiger partial charge in [-0.05, 0) is 30.9 Å². The van der Waals surface area contributed by atoms with Crippen molar-refractivity contribution < 1.29 is 22.7 Å². The maximum absolute atomic E-state index is 12.6. The summed E-state index contributed by atoms with van der Waals surface area (Å²) in [4.78, 5) is 26.0. The molecule has 8 nitrogen and oxygen atoms in total. The van der Waals surface area contributed by atoms with Crippen molar-refractivity contribution >= 4 is 27.9 Å². The Kier molecular flexibility index (Phi) is 9.48. The predicted molar refractivity (Wildman–Crippen MR) is 116 cm³/mol. The van der Waals surface area contributed by atoms with Gasteiger partial charge in [0.15, 0.2) is 0 Å². The summed E-state index contributed by atoms with van der Waals surface area (Å²) in [6.07, 6.45) is 3.17. The minimum atomic E-state index is -3.53. The zero-order valence-electron chi connectivity index (χ0n) is 17.6. The van der Waals surface area contributed by atoms with Crippen LogP contribution in [0.2, 0.25) is 0 Å². The van der Waals surface area contributed by atoms with Crippen LogP contribution < -0.4 is 5.32 Å². The second-order valence-corrected chi connectivity index (χ2v) is 9.14. The first kappa shape index (κ1) is 24.0. The molecule has 2 rings (SSSR count). The molecule has 0 unspecified atom stereocenters. The Morgan fingerprint density at radius 2 is 1.90 bits per heavy atom. The van der Waals surface area contributed by atoms with Crippen LogP contribution in [0.15, 0.2) is 35.7 Å². The summed E-state index contributed by atoms with van der Waals surface area (Å²) in [5.74, 6) is -0.618. The van der Waals surface area contributed by atoms with Crippen LogP contribution in [-0.4, -0.2) is 76.4 Å². The molecule has 1 aliphatic rings. The Bertz CT molecular complexity index is 818. The molecule has 0 bridgehead atoms. The van der Waals surface area contributed by atoms with Crippen molar-refractivity contribution in [1.29, 1.82) is 0 Å². The molecule has 30 heavy (non-hydrogen) atoms. The molecule has 1 aliphatic heterocycles. The average Bonchev–Trinajstić information content (AvgIpc) is 2.75. The summed E-state index contributed by atoms with van der Waals surface area (Å²) >= 11 is 0. The van der Waals surface area contributed by atoms with Crippen molar-refractivity contribution in [1.82, 2.24) is 14.5 Å². The topological polar surface area (TPSA) is 96.0 Å². The maximum Gasteiger partial charge on any atom is 0.239 e. The summed E-state index contributed by atoms with van der Waals surface area (Å²) in [5, 5.41) is 3.97. The molecule has 0 radical (unpaired) electrons. The largest absolute Gasteiger partial charge is 0.385 e. The van der Waals surface area contributed by atoms with E-state index in [-0.39, 0.29) is 37.4 Å². The van der Waals surface area contributed by atoms with Gasteiger partial charge in [-0.1, -0.05) is 30.3 Å². The number of carbonyl (C=O) groups excluding carboxylic acids is 2. The zero-order chi connectivity index (χ0) is 22.0. The fraction of sp³-hybridized carbons (Fsp3) is 0.524. The maximum atomic E-state index is 12.6. The second kappa shape index (κ2) is 11.8. The van der Waals surface area contributed by atoms with Crippen LogP contribution in [0.5, 0.6) is 0 Å². The third kappa shape index (κ3) is 7.55. The Labute approximate surface area is 178 Å². The number of hydrogen-bond donors (Lipinski definition) is 1. The quantitative estimate of drug-likeness (QED) is 0.557. The Hall–Kier alpha value is -2.23. The lowest BCUT2D eigenvalue weighted by Gasteiger charge is -2.31. The van der Waals surface area contributed by atoms with E-state index in [1.165, 1.54) is 14.6 Å². The van der Waals surface area contributed by atoms with Gasteiger partial charge in [-0.15, -0.1) is 0 Å². The van der Waals surface area contributed by atoms with E-state index in [1.54, 1.807) is 20.2 Å². The summed E-state index contributed by atoms with van der Waals surface area (Å²) in [7, 11) is -0.330. The molecule has 2 amide bonds. The van der Waals surface area contributed by atoms with E-state index in [1.807, 2.05) is 30.3 Å². The number of amides is 2. The molecule has 9 heteroatoms. The highest BCUT2D eigenvalue weighted by molar-refractivity contribution is 7.92. The number of sulfonamides is 1. The molecule has 1 N–H and O–H groups in total. The van der Waals surface area contributed by atoms with Gasteiger partial charge in [0.1, 0.15) is 0 Å². The van der Waals surface area contributed by atoms with E-state index in [4.69, 9.17) is 4.74 Å². The lowest BCUT2D eigenvalue weighted by atomic mass is 9.97. The molecular weight excluding hydrogens is 406 g/mol. The number of ether oxygens (including phenoxy) is 1. The molecule has 166 valence electrons. The Morgan fingerprint density at radius 1 is 1.23 bits per heavy atom. The van der Waals surface area contributed by atoms with Crippen LogP contribution in [0.1, 0.15) is 24.8 Å². The number of piperidine rings is 1. The van der Waals surface area contributed by atoms with Gasteiger partial charge in [-0.3, -0.25) is 9.59 Å². The molecule has 1 aromatic carbocycles. The van der Waals surface area contributed by atoms with Gasteiger partial charge in [0, 0.05) is 51.7 Å². The average molecular weight is 438 g/mol. The van der Waals surface area contributed by atoms with Gasteiger partial charge < -0.3 is 15.0 Å². The van der Waals surface area contributed by atoms with E-state index in [2.05, 4.69) is 5.32 Å². The fourth-order valence-electron chi connectivity index (χ4n) is 3.28. The van der Waals surface area contributed by atoms with Crippen LogP contribution in [0.3, 0.4) is 0 Å². The SMILES string of the molecule is COCCCNC(=O)CN(C)C(=O)C1CCN(S(=O)(=O)/C=C/c2ccccc2)CC1. The number of benzene rings is 1. The van der Waals surface area contributed by atoms with Crippen LogP contribution in [0.25, 0.3) is 6.08 Å². The molecule has 0 aromatic heterocycles. The van der Waals surface area contributed by atoms with E-state index in [9.17, 15) is 18.0 Å². The molecular formula is C21H31N3O5S. The first-order chi connectivity index (χ1) is 14.3. The van der Waals surface area contributed by atoms with E-state index in [0.717, 1.165) is 5.56 Å². The summed E-state index contributed by atoms with van der Waals surface area (Å²) in [5.41, 5.74) is 0.813. The first-order valence-electron chi connectivity index (χ1n) is 10.1. The minimum absolute atomic E-state index is 0.00978. The first-order valence-corrected chi connectivity index (χ1v) is 11.6. The lowest BCUT2D eigenvalue weighted by molar-refractivity contribution is -0.139. The van der Waals surface area contributed by atoms with Crippen molar-refractivity contribution in [3.8, 4) is 0 Å². The molecule has 1 fully saturated rings. The molecule has 1 saturated heterocycles. The number of hydrogen-bond acceptors (Lipinski definition) is 5. The highest BCUT2D eigenvalue weighted by Crippen LogP contribution is 2.22. The fourth-order valence-corrected chi connectivity index (χ4v) is 4.50. The Balaban J connectivity index is 1.80. The second-order valence-electron chi connectivity index (χ2n) is 7.32. The number of methoxy groups -OCH3 is 1. The van der Waals surface area contributed by atoms with Crippen LogP contribution in [-0.2, 0) is 24.3 Å². The van der Waals surface area contributed by atoms with Gasteiger partial charge in [-0.2, -0.15) is 4.31 Å². The molecule has 1 heterocycles. The molecule has 1 aromatic rings. The molecule has 0 spiro atoms. The van der Waals surface area contributed by atoms with Crippen molar-refractivity contribution in [2.75, 3.05) is 46.9 Å². The highest BCUT2D eigenvalue weighted by Gasteiger charge is 2.31. The third-order valence-corrected chi connectivity index (χ3v) is 6.56. The monoisotopic (exact) mass is 437 g/mol. The standard InChI is InChI=1S/C21H31N3O5S/c1-23(17-20(25)22-12-6-15-29-2)21(26)19-9-13-24(14-10-19)30(27,28)16-11-18-7-4-3-5-8-18/h3-5,7-8,11,16,19H,6,9-10,12-15,17H2,1-2H3,(H,22,25)/b16-11+. The smallest absolute Gasteiger partial charge is 0.239 e. The Morgan fingerprint density at radius 3 is 2.53 bits per heavy atom. The van der Waals surface area contributed by atoms with E-state index >= 15 is 0 Å². The molecule has 0 saturated carbocycles. The van der Waals surface area contributed by atoms with Crippen LogP contribution in [0, 0.1) is 5.92 Å². The molecule has 0 aliphatic carbocycles. The summed E-state index contributed by atoms with van der Waals surface area (Å²) < 4.78 is 31.4. The van der Waals surface area contributed by atoms with Crippen molar-refractivity contribution in [2.45, 2.75) is 19.3 Å². The summed E-state index contributed by atoms with van der Waals surface area (Å²) in [6.45, 7) is 1.63. The van der Waals surface area contributed by atoms with Gasteiger partial charge in [-0.25, -0.2) is 8.42 Å². The number of rotatable bonds is 10. The van der Waals surface area contributed by atoms with E-state index < -0.39 is 10.0 Å². The van der Waals surface area contributed by atoms with Crippen LogP contribution >= 0.6 is 0 Å². The highest BCUT2D eigenvalue weighted by atomic mass is 32.2. The predicted octanol–water partition coefficient (Wildman–Crippen LogP) is 1.31. The van der Waals surface area contributed by atoms with Crippen LogP contribution in [0.4, 0.5) is 0 Å². The third-order valence-electron chi connectivity index (χ3n) is 5.00. The number of carbonyl (C=O) groups is 2. The van der Waals surface area contributed by atoms with Gasteiger partial charge in [0.2, 0.25) is 21.8 Å². The van der Waals surface area contributed by atoms with Gasteiger partial charge >= 0.3 is 0 Å². The number of nitrogens with zero attached hydrogens (tertiary/aromatic N) is 2. The lowest BCUT2D eigenvalue weighted by Crippen LogP contribution is -2.45. The number of likely N-dealkylation sites (N-methyl/N-ethyl adjacent to an activating group) is 1.